The molecule has 0 saturated carbocycles. The van der Waals surface area contributed by atoms with E-state index in [2.05, 4.69) is 20.7 Å². The average molecular weight is 368 g/mol. The highest BCUT2D eigenvalue weighted by Crippen LogP contribution is 2.23. The molecule has 1 aromatic heterocycles. The lowest BCUT2D eigenvalue weighted by molar-refractivity contribution is -0.134. The molecule has 138 valence electrons. The predicted octanol–water partition coefficient (Wildman–Crippen LogP) is 0.369. The SMILES string of the molecule is Cc1csc(CC(=O)NNC(=O)CN2CCCCC2C2OCCO2)n1. The number of ether oxygens (including phenoxy) is 2. The Morgan fingerprint density at radius 2 is 2.04 bits per heavy atom. The Balaban J connectivity index is 1.43. The van der Waals surface area contributed by atoms with Crippen molar-refractivity contribution in [1.82, 2.24) is 20.7 Å². The number of piperidine rings is 1. The van der Waals surface area contributed by atoms with Crippen molar-refractivity contribution in [3.8, 4) is 0 Å². The molecule has 0 spiro atoms. The Kier molecular flexibility index (Phi) is 6.35. The molecule has 0 aromatic carbocycles. The van der Waals surface area contributed by atoms with Gasteiger partial charge in [-0.15, -0.1) is 11.3 Å². The summed E-state index contributed by atoms with van der Waals surface area (Å²) in [6.07, 6.45) is 3.01. The van der Waals surface area contributed by atoms with Gasteiger partial charge in [-0.3, -0.25) is 25.3 Å². The summed E-state index contributed by atoms with van der Waals surface area (Å²) in [5, 5.41) is 2.63. The van der Waals surface area contributed by atoms with Crippen LogP contribution in [-0.2, 0) is 25.5 Å². The summed E-state index contributed by atoms with van der Waals surface area (Å²) in [5.74, 6) is -0.520. The van der Waals surface area contributed by atoms with Gasteiger partial charge in [0.15, 0.2) is 6.29 Å². The number of carbonyl (C=O) groups is 2. The Morgan fingerprint density at radius 1 is 1.28 bits per heavy atom. The van der Waals surface area contributed by atoms with Gasteiger partial charge >= 0.3 is 0 Å². The number of aromatic nitrogens is 1. The van der Waals surface area contributed by atoms with E-state index in [1.165, 1.54) is 11.3 Å². The lowest BCUT2D eigenvalue weighted by atomic mass is 10.0. The van der Waals surface area contributed by atoms with Crippen LogP contribution in [0.2, 0.25) is 0 Å². The van der Waals surface area contributed by atoms with Crippen LogP contribution in [0.25, 0.3) is 0 Å². The van der Waals surface area contributed by atoms with Crippen molar-refractivity contribution >= 4 is 23.2 Å². The van der Waals surface area contributed by atoms with Gasteiger partial charge in [0.2, 0.25) is 5.91 Å². The number of hydrazine groups is 1. The molecule has 2 N–H and O–H groups in total. The van der Waals surface area contributed by atoms with Crippen LogP contribution in [0.5, 0.6) is 0 Å². The van der Waals surface area contributed by atoms with E-state index in [1.807, 2.05) is 12.3 Å². The number of amides is 2. The van der Waals surface area contributed by atoms with Gasteiger partial charge in [-0.1, -0.05) is 6.42 Å². The van der Waals surface area contributed by atoms with Crippen LogP contribution in [0, 0.1) is 6.92 Å². The standard InChI is InChI=1S/C16H24N4O4S/c1-11-10-25-15(17-11)8-13(21)18-19-14(22)9-20-5-3-2-4-12(20)16-23-6-7-24-16/h10,12,16H,2-9H2,1H3,(H,18,21)(H,19,22). The fraction of sp³-hybridized carbons (Fsp3) is 0.688. The monoisotopic (exact) mass is 368 g/mol. The molecule has 2 saturated heterocycles. The topological polar surface area (TPSA) is 92.8 Å². The van der Waals surface area contributed by atoms with E-state index in [1.54, 1.807) is 0 Å². The summed E-state index contributed by atoms with van der Waals surface area (Å²) in [4.78, 5) is 30.4. The van der Waals surface area contributed by atoms with Crippen LogP contribution >= 0.6 is 11.3 Å². The summed E-state index contributed by atoms with van der Waals surface area (Å²) < 4.78 is 11.2. The third kappa shape index (κ3) is 5.21. The number of nitrogens with one attached hydrogen (secondary N) is 2. The molecule has 25 heavy (non-hydrogen) atoms. The number of hydrogen-bond donors (Lipinski definition) is 2. The zero-order valence-corrected chi connectivity index (χ0v) is 15.1. The third-order valence-corrected chi connectivity index (χ3v) is 5.26. The number of thiazole rings is 1. The molecule has 2 amide bonds. The lowest BCUT2D eigenvalue weighted by Gasteiger charge is -2.37. The van der Waals surface area contributed by atoms with Gasteiger partial charge in [-0.2, -0.15) is 0 Å². The van der Waals surface area contributed by atoms with Crippen LogP contribution in [0.4, 0.5) is 0 Å². The van der Waals surface area contributed by atoms with Crippen LogP contribution in [-0.4, -0.2) is 60.3 Å². The number of likely N-dealkylation sites (tertiary alicyclic amines) is 1. The second-order valence-corrected chi connectivity index (χ2v) is 7.24. The minimum Gasteiger partial charge on any atom is -0.349 e. The van der Waals surface area contributed by atoms with E-state index in [0.29, 0.717) is 13.2 Å². The molecule has 3 heterocycles. The Hall–Kier alpha value is -1.55. The molecule has 0 aliphatic carbocycles. The van der Waals surface area contributed by atoms with Crippen LogP contribution < -0.4 is 10.9 Å². The first-order chi connectivity index (χ1) is 12.1. The Bertz CT molecular complexity index is 603. The molecule has 9 heteroatoms. The van der Waals surface area contributed by atoms with E-state index >= 15 is 0 Å². The third-order valence-electron chi connectivity index (χ3n) is 4.29. The first kappa shape index (κ1) is 18.2. The van der Waals surface area contributed by atoms with Crippen molar-refractivity contribution in [3.05, 3.63) is 16.1 Å². The van der Waals surface area contributed by atoms with Crippen LogP contribution in [0.1, 0.15) is 30.0 Å². The van der Waals surface area contributed by atoms with Gasteiger partial charge < -0.3 is 9.47 Å². The fourth-order valence-corrected chi connectivity index (χ4v) is 3.92. The summed E-state index contributed by atoms with van der Waals surface area (Å²) in [5.41, 5.74) is 5.83. The van der Waals surface area contributed by atoms with Gasteiger partial charge in [0.25, 0.3) is 5.91 Å². The lowest BCUT2D eigenvalue weighted by Crippen LogP contribution is -2.53. The Morgan fingerprint density at radius 3 is 2.76 bits per heavy atom. The van der Waals surface area contributed by atoms with E-state index in [-0.39, 0.29) is 37.1 Å². The molecular weight excluding hydrogens is 344 g/mol. The van der Waals surface area contributed by atoms with E-state index in [9.17, 15) is 9.59 Å². The van der Waals surface area contributed by atoms with Crippen molar-refractivity contribution in [2.75, 3.05) is 26.3 Å². The highest BCUT2D eigenvalue weighted by Gasteiger charge is 2.34. The largest absolute Gasteiger partial charge is 0.349 e. The molecule has 3 rings (SSSR count). The van der Waals surface area contributed by atoms with E-state index in [0.717, 1.165) is 36.5 Å². The van der Waals surface area contributed by atoms with Crippen molar-refractivity contribution in [1.29, 1.82) is 0 Å². The van der Waals surface area contributed by atoms with Gasteiger partial charge in [0.05, 0.1) is 32.2 Å². The van der Waals surface area contributed by atoms with Crippen molar-refractivity contribution in [3.63, 3.8) is 0 Å². The van der Waals surface area contributed by atoms with Gasteiger partial charge in [0.1, 0.15) is 5.01 Å². The molecule has 1 aromatic rings. The minimum atomic E-state index is -0.277. The maximum atomic E-state index is 12.2. The molecule has 2 fully saturated rings. The molecule has 1 unspecified atom stereocenters. The second kappa shape index (κ2) is 8.70. The van der Waals surface area contributed by atoms with E-state index in [4.69, 9.17) is 9.47 Å². The maximum Gasteiger partial charge on any atom is 0.252 e. The summed E-state index contributed by atoms with van der Waals surface area (Å²) in [7, 11) is 0. The number of rotatable bonds is 5. The average Bonchev–Trinajstić information content (AvgIpc) is 3.25. The molecule has 8 nitrogen and oxygen atoms in total. The van der Waals surface area contributed by atoms with Crippen molar-refractivity contribution < 1.29 is 19.1 Å². The van der Waals surface area contributed by atoms with Crippen molar-refractivity contribution in [2.45, 2.75) is 44.9 Å². The molecule has 1 atom stereocenters. The summed E-state index contributed by atoms with van der Waals surface area (Å²) in [6, 6.07) is 0.0935. The first-order valence-corrected chi connectivity index (χ1v) is 9.46. The molecule has 0 bridgehead atoms. The minimum absolute atomic E-state index is 0.0935. The van der Waals surface area contributed by atoms with Crippen LogP contribution in [0.15, 0.2) is 5.38 Å². The number of nitrogens with zero attached hydrogens (tertiary/aromatic N) is 2. The molecular formula is C16H24N4O4S. The number of carbonyl (C=O) groups excluding carboxylic acids is 2. The van der Waals surface area contributed by atoms with Gasteiger partial charge in [-0.25, -0.2) is 4.98 Å². The highest BCUT2D eigenvalue weighted by atomic mass is 32.1. The molecule has 2 aliphatic rings. The number of hydrogen-bond acceptors (Lipinski definition) is 7. The zero-order valence-electron chi connectivity index (χ0n) is 14.3. The fourth-order valence-electron chi connectivity index (χ4n) is 3.15. The molecule has 2 aliphatic heterocycles. The number of aryl methyl sites for hydroxylation is 1. The summed E-state index contributed by atoms with van der Waals surface area (Å²) >= 11 is 1.43. The normalized spacial score (nSPS) is 22.0. The van der Waals surface area contributed by atoms with Gasteiger partial charge in [-0.05, 0) is 26.3 Å². The Labute approximate surface area is 150 Å². The smallest absolute Gasteiger partial charge is 0.252 e. The maximum absolute atomic E-state index is 12.2. The second-order valence-electron chi connectivity index (χ2n) is 6.30. The van der Waals surface area contributed by atoms with Gasteiger partial charge in [0, 0.05) is 11.1 Å². The highest BCUT2D eigenvalue weighted by molar-refractivity contribution is 7.09. The molecule has 0 radical (unpaired) electrons. The zero-order chi connectivity index (χ0) is 17.6. The predicted molar refractivity (Wildman–Crippen MR) is 91.7 cm³/mol. The van der Waals surface area contributed by atoms with E-state index < -0.39 is 0 Å². The summed E-state index contributed by atoms with van der Waals surface area (Å²) in [6.45, 7) is 4.13. The quantitative estimate of drug-likeness (QED) is 0.730. The van der Waals surface area contributed by atoms with Crippen molar-refractivity contribution in [2.24, 2.45) is 0 Å². The van der Waals surface area contributed by atoms with Crippen LogP contribution in [0.3, 0.4) is 0 Å². The first-order valence-electron chi connectivity index (χ1n) is 8.58.